The molecule has 7 heteroatoms. The Balaban J connectivity index is 2.13. The maximum absolute atomic E-state index is 13.2. The zero-order valence-corrected chi connectivity index (χ0v) is 13.4. The number of nitrogens with zero attached hydrogens (tertiary/aromatic N) is 2. The second-order valence-electron chi connectivity index (χ2n) is 4.82. The first kappa shape index (κ1) is 15.9. The van der Waals surface area contributed by atoms with Crippen molar-refractivity contribution < 1.29 is 9.50 Å². The molecule has 0 aromatic carbocycles. The Morgan fingerprint density at radius 3 is 2.86 bits per heavy atom. The molecule has 0 saturated carbocycles. The minimum absolute atomic E-state index is 0.162. The highest BCUT2D eigenvalue weighted by molar-refractivity contribution is 9.10. The lowest BCUT2D eigenvalue weighted by molar-refractivity contribution is 0.177. The molecule has 1 aliphatic rings. The third kappa shape index (κ3) is 4.50. The first-order chi connectivity index (χ1) is 9.95. The van der Waals surface area contributed by atoms with Gasteiger partial charge in [0.15, 0.2) is 0 Å². The van der Waals surface area contributed by atoms with E-state index in [0.29, 0.717) is 28.4 Å². The lowest BCUT2D eigenvalue weighted by Crippen LogP contribution is -2.28. The van der Waals surface area contributed by atoms with Crippen molar-refractivity contribution >= 4 is 27.7 Å². The summed E-state index contributed by atoms with van der Waals surface area (Å²) in [6, 6.07) is -0.162. The molecule has 5 nitrogen and oxygen atoms in total. The number of nitrogens with one attached hydrogen (secondary N) is 2. The fourth-order valence-electron chi connectivity index (χ4n) is 1.65. The van der Waals surface area contributed by atoms with E-state index in [4.69, 9.17) is 0 Å². The van der Waals surface area contributed by atoms with Crippen molar-refractivity contribution in [3.63, 3.8) is 0 Å². The topological polar surface area (TPSA) is 70.1 Å². The van der Waals surface area contributed by atoms with Crippen LogP contribution in [0.2, 0.25) is 0 Å². The Labute approximate surface area is 131 Å². The zero-order chi connectivity index (χ0) is 15.4. The molecule has 0 amide bonds. The number of rotatable bonds is 5. The zero-order valence-electron chi connectivity index (χ0n) is 11.8. The molecule has 113 valence electrons. The Morgan fingerprint density at radius 2 is 2.19 bits per heavy atom. The van der Waals surface area contributed by atoms with Crippen molar-refractivity contribution in [3.8, 4) is 0 Å². The van der Waals surface area contributed by atoms with Gasteiger partial charge in [0.25, 0.3) is 0 Å². The Bertz CT molecular complexity index is 574. The number of allylic oxidation sites excluding steroid dienone is 3. The average Bonchev–Trinajstić information content (AvgIpc) is 2.42. The maximum atomic E-state index is 13.2. The van der Waals surface area contributed by atoms with Gasteiger partial charge in [0.05, 0.1) is 16.6 Å². The quantitative estimate of drug-likeness (QED) is 0.756. The highest BCUT2D eigenvalue weighted by Gasteiger charge is 2.13. The third-order valence-electron chi connectivity index (χ3n) is 3.03. The second kappa shape index (κ2) is 7.00. The van der Waals surface area contributed by atoms with Gasteiger partial charge < -0.3 is 15.7 Å². The van der Waals surface area contributed by atoms with Crippen LogP contribution in [0.4, 0.5) is 16.2 Å². The molecule has 21 heavy (non-hydrogen) atoms. The highest BCUT2D eigenvalue weighted by atomic mass is 79.9. The molecule has 0 spiro atoms. The van der Waals surface area contributed by atoms with E-state index in [1.54, 1.807) is 13.1 Å². The summed E-state index contributed by atoms with van der Waals surface area (Å²) in [5.74, 6) is 0.641. The molecule has 3 N–H and O–H groups in total. The van der Waals surface area contributed by atoms with Gasteiger partial charge in [-0.25, -0.2) is 9.37 Å². The van der Waals surface area contributed by atoms with E-state index in [-0.39, 0.29) is 11.9 Å². The van der Waals surface area contributed by atoms with Gasteiger partial charge in [0.1, 0.15) is 11.6 Å². The Morgan fingerprint density at radius 1 is 1.43 bits per heavy atom. The monoisotopic (exact) mass is 355 g/mol. The van der Waals surface area contributed by atoms with Crippen LogP contribution in [0.3, 0.4) is 0 Å². The molecule has 1 aromatic heterocycles. The summed E-state index contributed by atoms with van der Waals surface area (Å²) < 4.78 is 13.9. The van der Waals surface area contributed by atoms with Gasteiger partial charge >= 0.3 is 0 Å². The SMILES string of the molecule is C[C@@H](O)[C@@H](C)Nc1nc(NC2=CC[CH]C(F)=C2)ncc1Br. The molecule has 1 heterocycles. The summed E-state index contributed by atoms with van der Waals surface area (Å²) in [7, 11) is 0. The normalized spacial score (nSPS) is 17.6. The van der Waals surface area contributed by atoms with Crippen molar-refractivity contribution in [2.24, 2.45) is 0 Å². The van der Waals surface area contributed by atoms with Crippen LogP contribution >= 0.6 is 15.9 Å². The lowest BCUT2D eigenvalue weighted by atomic mass is 10.1. The van der Waals surface area contributed by atoms with Crippen LogP contribution in [0.25, 0.3) is 0 Å². The fraction of sp³-hybridized carbons (Fsp3) is 0.357. The van der Waals surface area contributed by atoms with Gasteiger partial charge in [-0.2, -0.15) is 4.98 Å². The van der Waals surface area contributed by atoms with Gasteiger partial charge in [-0.05, 0) is 42.3 Å². The minimum Gasteiger partial charge on any atom is -0.391 e. The number of anilines is 2. The van der Waals surface area contributed by atoms with Crippen molar-refractivity contribution in [3.05, 3.63) is 40.8 Å². The summed E-state index contributed by atoms with van der Waals surface area (Å²) in [5, 5.41) is 15.6. The molecular formula is C14H17BrFN4O. The molecule has 0 aliphatic heterocycles. The van der Waals surface area contributed by atoms with E-state index < -0.39 is 6.10 Å². The number of halogens is 2. The van der Waals surface area contributed by atoms with Crippen molar-refractivity contribution in [1.29, 1.82) is 0 Å². The van der Waals surface area contributed by atoms with Crippen molar-refractivity contribution in [2.45, 2.75) is 32.4 Å². The van der Waals surface area contributed by atoms with Crippen LogP contribution in [0.1, 0.15) is 20.3 Å². The van der Waals surface area contributed by atoms with Crippen LogP contribution < -0.4 is 10.6 Å². The molecule has 0 fully saturated rings. The first-order valence-electron chi connectivity index (χ1n) is 6.60. The largest absolute Gasteiger partial charge is 0.391 e. The van der Waals surface area contributed by atoms with Crippen LogP contribution in [-0.2, 0) is 0 Å². The van der Waals surface area contributed by atoms with Crippen molar-refractivity contribution in [2.75, 3.05) is 10.6 Å². The molecule has 1 aliphatic carbocycles. The summed E-state index contributed by atoms with van der Waals surface area (Å²) in [5.41, 5.74) is 0.617. The van der Waals surface area contributed by atoms with Crippen molar-refractivity contribution in [1.82, 2.24) is 9.97 Å². The average molecular weight is 356 g/mol. The van der Waals surface area contributed by atoms with E-state index in [1.807, 2.05) is 13.0 Å². The number of hydrogen-bond donors (Lipinski definition) is 3. The molecule has 0 bridgehead atoms. The summed E-state index contributed by atoms with van der Waals surface area (Å²) in [4.78, 5) is 8.46. The van der Waals surface area contributed by atoms with E-state index in [1.165, 1.54) is 12.5 Å². The van der Waals surface area contributed by atoms with Crippen LogP contribution in [0, 0.1) is 6.42 Å². The maximum Gasteiger partial charge on any atom is 0.229 e. The van der Waals surface area contributed by atoms with E-state index in [2.05, 4.69) is 36.5 Å². The Hall–Kier alpha value is -1.47. The number of hydrogen-bond acceptors (Lipinski definition) is 5. The van der Waals surface area contributed by atoms with Crippen LogP contribution in [-0.4, -0.2) is 27.2 Å². The lowest BCUT2D eigenvalue weighted by Gasteiger charge is -2.18. The minimum atomic E-state index is -0.517. The number of aliphatic hydroxyl groups is 1. The van der Waals surface area contributed by atoms with Gasteiger partial charge in [-0.15, -0.1) is 0 Å². The van der Waals surface area contributed by atoms with Crippen LogP contribution in [0.15, 0.2) is 34.3 Å². The van der Waals surface area contributed by atoms with E-state index in [0.717, 1.165) is 0 Å². The van der Waals surface area contributed by atoms with E-state index in [9.17, 15) is 9.50 Å². The molecule has 2 atom stereocenters. The predicted molar refractivity (Wildman–Crippen MR) is 84.3 cm³/mol. The molecule has 1 radical (unpaired) electrons. The summed E-state index contributed by atoms with van der Waals surface area (Å²) in [6.07, 6.45) is 6.34. The van der Waals surface area contributed by atoms with Gasteiger partial charge in [-0.1, -0.05) is 6.08 Å². The Kier molecular flexibility index (Phi) is 5.30. The second-order valence-corrected chi connectivity index (χ2v) is 5.67. The highest BCUT2D eigenvalue weighted by Crippen LogP contribution is 2.23. The first-order valence-corrected chi connectivity index (χ1v) is 7.39. The molecule has 2 rings (SSSR count). The smallest absolute Gasteiger partial charge is 0.229 e. The van der Waals surface area contributed by atoms with E-state index >= 15 is 0 Å². The van der Waals surface area contributed by atoms with Crippen LogP contribution in [0.5, 0.6) is 0 Å². The predicted octanol–water partition coefficient (Wildman–Crippen LogP) is 3.18. The third-order valence-corrected chi connectivity index (χ3v) is 3.61. The number of aliphatic hydroxyl groups excluding tert-OH is 1. The summed E-state index contributed by atoms with van der Waals surface area (Å²) >= 11 is 3.35. The number of aromatic nitrogens is 2. The van der Waals surface area contributed by atoms with Gasteiger partial charge in [-0.3, -0.25) is 0 Å². The molecular weight excluding hydrogens is 339 g/mol. The van der Waals surface area contributed by atoms with Gasteiger partial charge in [0, 0.05) is 18.3 Å². The fourth-order valence-corrected chi connectivity index (χ4v) is 1.95. The summed E-state index contributed by atoms with van der Waals surface area (Å²) in [6.45, 7) is 3.55. The molecule has 0 saturated heterocycles. The standard InChI is InChI=1S/C14H17BrFN4O/c1-8(9(2)21)18-13-12(15)7-17-14(20-13)19-11-5-3-4-10(16)6-11/h4-9,21H,3H2,1-2H3,(H2,17,18,19,20)/t8-,9-/m1/s1. The molecule has 1 aromatic rings. The van der Waals surface area contributed by atoms with Gasteiger partial charge in [0.2, 0.25) is 5.95 Å². The molecule has 0 unspecified atom stereocenters.